The van der Waals surface area contributed by atoms with Crippen molar-refractivity contribution in [3.05, 3.63) is 0 Å². The Labute approximate surface area is 594 Å². The summed E-state index contributed by atoms with van der Waals surface area (Å²) in [4.78, 5) is 72.8. The van der Waals surface area contributed by atoms with Gasteiger partial charge >= 0.3 is 39.5 Å². The van der Waals surface area contributed by atoms with E-state index in [9.17, 15) is 43.2 Å². The number of phosphoric acid groups is 2. The summed E-state index contributed by atoms with van der Waals surface area (Å²) < 4.78 is 68.5. The van der Waals surface area contributed by atoms with E-state index in [1.54, 1.807) is 0 Å². The molecule has 19 heteroatoms. The normalized spacial score (nSPS) is 14.6. The first kappa shape index (κ1) is 95.1. The molecule has 576 valence electrons. The molecule has 0 aliphatic heterocycles. The molecule has 0 heterocycles. The molecule has 0 saturated carbocycles. The van der Waals surface area contributed by atoms with Gasteiger partial charge in [0.15, 0.2) is 12.2 Å². The van der Waals surface area contributed by atoms with E-state index in [-0.39, 0.29) is 25.7 Å². The number of esters is 4. The summed E-state index contributed by atoms with van der Waals surface area (Å²) in [5.74, 6) is 0.945. The number of hydrogen-bond acceptors (Lipinski definition) is 15. The minimum atomic E-state index is -4.96. The van der Waals surface area contributed by atoms with Crippen molar-refractivity contribution in [2.45, 2.75) is 414 Å². The van der Waals surface area contributed by atoms with E-state index >= 15 is 0 Å². The van der Waals surface area contributed by atoms with Crippen LogP contribution in [0.25, 0.3) is 0 Å². The van der Waals surface area contributed by atoms with Gasteiger partial charge in [0.25, 0.3) is 0 Å². The highest BCUT2D eigenvalue weighted by molar-refractivity contribution is 7.47. The summed E-state index contributed by atoms with van der Waals surface area (Å²) in [7, 11) is -9.91. The molecule has 0 aliphatic rings. The third-order valence-corrected chi connectivity index (χ3v) is 20.7. The van der Waals surface area contributed by atoms with Crippen molar-refractivity contribution in [1.29, 1.82) is 0 Å². The molecule has 0 rings (SSSR count). The molecule has 0 spiro atoms. The van der Waals surface area contributed by atoms with Crippen molar-refractivity contribution in [2.75, 3.05) is 39.6 Å². The molecule has 0 bridgehead atoms. The van der Waals surface area contributed by atoms with Crippen LogP contribution in [0.5, 0.6) is 0 Å². The van der Waals surface area contributed by atoms with Crippen molar-refractivity contribution >= 4 is 39.5 Å². The minimum absolute atomic E-state index is 0.106. The third-order valence-electron chi connectivity index (χ3n) is 18.8. The van der Waals surface area contributed by atoms with Gasteiger partial charge in [-0.1, -0.05) is 344 Å². The first-order valence-corrected chi connectivity index (χ1v) is 43.3. The first-order valence-electron chi connectivity index (χ1n) is 40.3. The standard InChI is InChI=1S/C78H152O17P2/c1-9-70(7)56-48-40-31-27-23-19-15-13-11-12-14-16-20-24-28-32-44-52-60-77(82)94-73(64-88-75(80)58-50-42-36-34-39-47-55-69(5)6)66-92-96(84,85)90-62-72(79)63-91-97(86,87)93-67-74(65-89-76(81)59-51-43-37-35-41-49-57-71(8)10-2)95-78(83)61-53-45-33-29-25-21-17-18-22-26-30-38-46-54-68(3)4/h68-74,79H,9-67H2,1-8H3,(H,84,85)(H,86,87)/t70?,71?,72-,73+,74+/m0/s1. The number of aliphatic hydroxyl groups excluding tert-OH is 1. The number of rotatable bonds is 75. The van der Waals surface area contributed by atoms with Crippen LogP contribution in [0.15, 0.2) is 0 Å². The lowest BCUT2D eigenvalue weighted by Gasteiger charge is -2.21. The highest BCUT2D eigenvalue weighted by Gasteiger charge is 2.30. The molecule has 0 aromatic carbocycles. The van der Waals surface area contributed by atoms with E-state index in [1.807, 2.05) is 0 Å². The number of phosphoric ester groups is 2. The number of unbranched alkanes of at least 4 members (excludes halogenated alkanes) is 39. The predicted octanol–water partition coefficient (Wildman–Crippen LogP) is 22.8. The largest absolute Gasteiger partial charge is 0.472 e. The van der Waals surface area contributed by atoms with E-state index in [0.29, 0.717) is 31.6 Å². The lowest BCUT2D eigenvalue weighted by atomic mass is 9.99. The molecule has 0 radical (unpaired) electrons. The second-order valence-electron chi connectivity index (χ2n) is 29.5. The van der Waals surface area contributed by atoms with Gasteiger partial charge in [0.2, 0.25) is 0 Å². The fourth-order valence-corrected chi connectivity index (χ4v) is 13.4. The van der Waals surface area contributed by atoms with Crippen LogP contribution in [0.2, 0.25) is 0 Å². The van der Waals surface area contributed by atoms with Gasteiger partial charge in [0.1, 0.15) is 19.3 Å². The Balaban J connectivity index is 5.15. The van der Waals surface area contributed by atoms with E-state index in [4.69, 9.17) is 37.0 Å². The van der Waals surface area contributed by atoms with Crippen molar-refractivity contribution in [3.8, 4) is 0 Å². The lowest BCUT2D eigenvalue weighted by molar-refractivity contribution is -0.161. The molecule has 0 aromatic rings. The maximum atomic E-state index is 13.1. The summed E-state index contributed by atoms with van der Waals surface area (Å²) in [5, 5.41) is 10.6. The van der Waals surface area contributed by atoms with Crippen LogP contribution in [0.4, 0.5) is 0 Å². The molecule has 0 fully saturated rings. The van der Waals surface area contributed by atoms with Gasteiger partial charge in [-0.3, -0.25) is 37.3 Å². The van der Waals surface area contributed by atoms with E-state index in [0.717, 1.165) is 120 Å². The number of aliphatic hydroxyl groups is 1. The van der Waals surface area contributed by atoms with E-state index < -0.39 is 97.5 Å². The molecule has 17 nitrogen and oxygen atoms in total. The fourth-order valence-electron chi connectivity index (χ4n) is 11.8. The van der Waals surface area contributed by atoms with Gasteiger partial charge in [-0.2, -0.15) is 0 Å². The Morgan fingerprint density at radius 2 is 0.495 bits per heavy atom. The molecule has 0 amide bonds. The summed E-state index contributed by atoms with van der Waals surface area (Å²) >= 11 is 0. The Kier molecular flexibility index (Phi) is 65.9. The van der Waals surface area contributed by atoms with Crippen molar-refractivity contribution in [2.24, 2.45) is 23.7 Å². The topological polar surface area (TPSA) is 237 Å². The first-order chi connectivity index (χ1) is 46.7. The number of carbonyl (C=O) groups excluding carboxylic acids is 4. The molecule has 7 atom stereocenters. The zero-order valence-corrected chi connectivity index (χ0v) is 65.5. The molecule has 0 saturated heterocycles. The van der Waals surface area contributed by atoms with Gasteiger partial charge in [-0.25, -0.2) is 9.13 Å². The zero-order chi connectivity index (χ0) is 71.7. The summed E-state index contributed by atoms with van der Waals surface area (Å²) in [6, 6.07) is 0. The molecule has 97 heavy (non-hydrogen) atoms. The molecule has 4 unspecified atom stereocenters. The van der Waals surface area contributed by atoms with Crippen molar-refractivity contribution < 1.29 is 80.2 Å². The van der Waals surface area contributed by atoms with Gasteiger partial charge in [0.05, 0.1) is 26.4 Å². The van der Waals surface area contributed by atoms with Crippen LogP contribution in [0.3, 0.4) is 0 Å². The van der Waals surface area contributed by atoms with Gasteiger partial charge < -0.3 is 33.8 Å². The Hall–Kier alpha value is -1.94. The average molecular weight is 1420 g/mol. The minimum Gasteiger partial charge on any atom is -0.462 e. The van der Waals surface area contributed by atoms with Crippen LogP contribution in [-0.4, -0.2) is 96.7 Å². The maximum Gasteiger partial charge on any atom is 0.472 e. The second-order valence-corrected chi connectivity index (χ2v) is 32.4. The van der Waals surface area contributed by atoms with Crippen molar-refractivity contribution in [1.82, 2.24) is 0 Å². The SMILES string of the molecule is CCC(C)CCCCCCCCCCCCCCCCCCCCC(=O)O[C@H](COC(=O)CCCCCCCCC(C)C)COP(=O)(O)OC[C@H](O)COP(=O)(O)OC[C@@H](COC(=O)CCCCCCCCC(C)CC)OC(=O)CCCCCCCCCCCCCCCC(C)C. The third kappa shape index (κ3) is 69.5. The van der Waals surface area contributed by atoms with Crippen LogP contribution in [0.1, 0.15) is 396 Å². The highest BCUT2D eigenvalue weighted by atomic mass is 31.2. The Bertz CT molecular complexity index is 1910. The van der Waals surface area contributed by atoms with Crippen LogP contribution >= 0.6 is 15.6 Å². The zero-order valence-electron chi connectivity index (χ0n) is 63.7. The number of ether oxygens (including phenoxy) is 4. The maximum absolute atomic E-state index is 13.1. The average Bonchev–Trinajstić information content (AvgIpc) is 0.996. The smallest absolute Gasteiger partial charge is 0.462 e. The fraction of sp³-hybridized carbons (Fsp3) is 0.949. The van der Waals surface area contributed by atoms with E-state index in [1.165, 1.54) is 186 Å². The monoisotopic (exact) mass is 1420 g/mol. The Morgan fingerprint density at radius 3 is 0.732 bits per heavy atom. The van der Waals surface area contributed by atoms with Crippen LogP contribution < -0.4 is 0 Å². The quantitative estimate of drug-likeness (QED) is 0.0222. The second kappa shape index (κ2) is 67.2. The van der Waals surface area contributed by atoms with Crippen LogP contribution in [-0.2, 0) is 65.4 Å². The predicted molar refractivity (Wildman–Crippen MR) is 395 cm³/mol. The van der Waals surface area contributed by atoms with Gasteiger partial charge in [0, 0.05) is 25.7 Å². The highest BCUT2D eigenvalue weighted by Crippen LogP contribution is 2.45. The summed E-state index contributed by atoms with van der Waals surface area (Å²) in [5.41, 5.74) is 0. The summed E-state index contributed by atoms with van der Waals surface area (Å²) in [6.07, 6.45) is 53.0. The van der Waals surface area contributed by atoms with E-state index in [2.05, 4.69) is 55.4 Å². The van der Waals surface area contributed by atoms with Crippen LogP contribution in [0, 0.1) is 23.7 Å². The molecule has 3 N–H and O–H groups in total. The van der Waals surface area contributed by atoms with Gasteiger partial charge in [-0.15, -0.1) is 0 Å². The molecule has 0 aromatic heterocycles. The molecule has 0 aliphatic carbocycles. The number of carbonyl (C=O) groups is 4. The molecular formula is C78H152O17P2. The molecular weight excluding hydrogens is 1270 g/mol. The Morgan fingerprint density at radius 1 is 0.289 bits per heavy atom. The number of hydrogen-bond donors (Lipinski definition) is 3. The summed E-state index contributed by atoms with van der Waals surface area (Å²) in [6.45, 7) is 14.2. The van der Waals surface area contributed by atoms with Crippen molar-refractivity contribution in [3.63, 3.8) is 0 Å². The van der Waals surface area contributed by atoms with Gasteiger partial charge in [-0.05, 0) is 49.4 Å². The lowest BCUT2D eigenvalue weighted by Crippen LogP contribution is -2.30.